The number of hydrogen-bond acceptors (Lipinski definition) is 2. The molecule has 0 atom stereocenters. The minimum absolute atomic E-state index is 0.846. The van der Waals surface area contributed by atoms with Gasteiger partial charge in [-0.05, 0) is 24.8 Å². The van der Waals surface area contributed by atoms with E-state index in [0.29, 0.717) is 0 Å². The average Bonchev–Trinajstić information content (AvgIpc) is 3.06. The summed E-state index contributed by atoms with van der Waals surface area (Å²) in [5, 5.41) is 0. The highest BCUT2D eigenvalue weighted by molar-refractivity contribution is 5.68. The predicted molar refractivity (Wildman–Crippen MR) is 73.2 cm³/mol. The Labute approximate surface area is 111 Å². The molecule has 0 spiro atoms. The number of aryl methyl sites for hydroxylation is 2. The SMILES string of the molecule is c1ccc2c(c1)CCCc1nc(-n3ccnc3)[nH]c1-2. The van der Waals surface area contributed by atoms with Gasteiger partial charge in [0.2, 0.25) is 5.95 Å². The van der Waals surface area contributed by atoms with E-state index in [-0.39, 0.29) is 0 Å². The second-order valence-corrected chi connectivity index (χ2v) is 4.86. The van der Waals surface area contributed by atoms with Crippen molar-refractivity contribution in [2.75, 3.05) is 0 Å². The van der Waals surface area contributed by atoms with Crippen LogP contribution < -0.4 is 0 Å². The van der Waals surface area contributed by atoms with Crippen LogP contribution in [0.5, 0.6) is 0 Å². The molecule has 94 valence electrons. The van der Waals surface area contributed by atoms with E-state index >= 15 is 0 Å². The molecule has 1 N–H and O–H groups in total. The van der Waals surface area contributed by atoms with E-state index in [2.05, 4.69) is 34.2 Å². The van der Waals surface area contributed by atoms with Crippen molar-refractivity contribution in [1.29, 1.82) is 0 Å². The molecule has 4 rings (SSSR count). The fourth-order valence-corrected chi connectivity index (χ4v) is 2.73. The van der Waals surface area contributed by atoms with Crippen molar-refractivity contribution in [2.24, 2.45) is 0 Å². The summed E-state index contributed by atoms with van der Waals surface area (Å²) in [5.74, 6) is 0.846. The van der Waals surface area contributed by atoms with Gasteiger partial charge in [-0.15, -0.1) is 0 Å². The molecule has 0 fully saturated rings. The Morgan fingerprint density at radius 3 is 3.00 bits per heavy atom. The Morgan fingerprint density at radius 2 is 2.11 bits per heavy atom. The number of hydrogen-bond donors (Lipinski definition) is 1. The van der Waals surface area contributed by atoms with Gasteiger partial charge in [0.15, 0.2) is 0 Å². The summed E-state index contributed by atoms with van der Waals surface area (Å²) in [6.45, 7) is 0. The molecule has 0 aliphatic heterocycles. The summed E-state index contributed by atoms with van der Waals surface area (Å²) < 4.78 is 1.91. The van der Waals surface area contributed by atoms with Crippen LogP contribution in [0.15, 0.2) is 43.0 Å². The van der Waals surface area contributed by atoms with Crippen molar-refractivity contribution >= 4 is 0 Å². The van der Waals surface area contributed by atoms with Crippen LogP contribution in [0, 0.1) is 0 Å². The van der Waals surface area contributed by atoms with Gasteiger partial charge in [0.1, 0.15) is 6.33 Å². The monoisotopic (exact) mass is 250 g/mol. The van der Waals surface area contributed by atoms with Crippen molar-refractivity contribution in [3.05, 3.63) is 54.2 Å². The molecule has 0 unspecified atom stereocenters. The zero-order chi connectivity index (χ0) is 12.7. The molecule has 2 aromatic heterocycles. The lowest BCUT2D eigenvalue weighted by Gasteiger charge is -2.04. The minimum Gasteiger partial charge on any atom is -0.323 e. The van der Waals surface area contributed by atoms with Crippen LogP contribution in [0.2, 0.25) is 0 Å². The Bertz CT molecular complexity index is 710. The number of benzene rings is 1. The molecular weight excluding hydrogens is 236 g/mol. The minimum atomic E-state index is 0.846. The zero-order valence-corrected chi connectivity index (χ0v) is 10.5. The molecular formula is C15H14N4. The molecule has 0 saturated carbocycles. The lowest BCUT2D eigenvalue weighted by molar-refractivity contribution is 0.812. The van der Waals surface area contributed by atoms with Gasteiger partial charge in [0, 0.05) is 18.0 Å². The summed E-state index contributed by atoms with van der Waals surface area (Å²) in [7, 11) is 0. The smallest absolute Gasteiger partial charge is 0.213 e. The standard InChI is InChI=1S/C15H14N4/c1-2-6-12-11(4-1)5-3-7-13-14(12)18-15(17-13)19-9-8-16-10-19/h1-2,4,6,8-10H,3,5,7H2,(H,17,18). The molecule has 1 aromatic carbocycles. The number of nitrogens with zero attached hydrogens (tertiary/aromatic N) is 3. The first-order valence-electron chi connectivity index (χ1n) is 6.57. The second kappa shape index (κ2) is 4.09. The number of rotatable bonds is 1. The summed E-state index contributed by atoms with van der Waals surface area (Å²) >= 11 is 0. The third-order valence-corrected chi connectivity index (χ3v) is 3.66. The molecule has 4 heteroatoms. The third kappa shape index (κ3) is 1.68. The maximum absolute atomic E-state index is 4.72. The van der Waals surface area contributed by atoms with Crippen molar-refractivity contribution in [2.45, 2.75) is 19.3 Å². The number of fused-ring (bicyclic) bond motifs is 3. The molecule has 0 amide bonds. The van der Waals surface area contributed by atoms with Crippen LogP contribution in [0.3, 0.4) is 0 Å². The van der Waals surface area contributed by atoms with Crippen LogP contribution in [-0.2, 0) is 12.8 Å². The Morgan fingerprint density at radius 1 is 1.16 bits per heavy atom. The first-order valence-corrected chi connectivity index (χ1v) is 6.57. The van der Waals surface area contributed by atoms with Gasteiger partial charge >= 0.3 is 0 Å². The predicted octanol–water partition coefficient (Wildman–Crippen LogP) is 2.75. The van der Waals surface area contributed by atoms with Crippen LogP contribution in [0.4, 0.5) is 0 Å². The van der Waals surface area contributed by atoms with Crippen molar-refractivity contribution in [1.82, 2.24) is 19.5 Å². The quantitative estimate of drug-likeness (QED) is 0.722. The van der Waals surface area contributed by atoms with Gasteiger partial charge in [-0.2, -0.15) is 0 Å². The van der Waals surface area contributed by atoms with Gasteiger partial charge in [0.05, 0.1) is 11.4 Å². The number of aromatic amines is 1. The maximum Gasteiger partial charge on any atom is 0.213 e. The summed E-state index contributed by atoms with van der Waals surface area (Å²) in [5.41, 5.74) is 5.02. The van der Waals surface area contributed by atoms with Gasteiger partial charge in [-0.25, -0.2) is 9.97 Å². The highest BCUT2D eigenvalue weighted by atomic mass is 15.2. The highest BCUT2D eigenvalue weighted by Gasteiger charge is 2.18. The molecule has 2 heterocycles. The summed E-state index contributed by atoms with van der Waals surface area (Å²) in [6, 6.07) is 8.58. The van der Waals surface area contributed by atoms with E-state index < -0.39 is 0 Å². The number of nitrogens with one attached hydrogen (secondary N) is 1. The van der Waals surface area contributed by atoms with Gasteiger partial charge in [0.25, 0.3) is 0 Å². The molecule has 4 nitrogen and oxygen atoms in total. The normalized spacial score (nSPS) is 13.7. The van der Waals surface area contributed by atoms with E-state index in [9.17, 15) is 0 Å². The van der Waals surface area contributed by atoms with E-state index in [4.69, 9.17) is 4.98 Å². The largest absolute Gasteiger partial charge is 0.323 e. The Balaban J connectivity index is 1.90. The van der Waals surface area contributed by atoms with Crippen LogP contribution in [0.1, 0.15) is 17.7 Å². The lowest BCUT2D eigenvalue weighted by Crippen LogP contribution is -1.94. The van der Waals surface area contributed by atoms with Crippen LogP contribution >= 0.6 is 0 Å². The van der Waals surface area contributed by atoms with Gasteiger partial charge in [-0.1, -0.05) is 24.3 Å². The zero-order valence-electron chi connectivity index (χ0n) is 10.5. The summed E-state index contributed by atoms with van der Waals surface area (Å²) in [6.07, 6.45) is 8.74. The topological polar surface area (TPSA) is 46.5 Å². The van der Waals surface area contributed by atoms with E-state index in [1.54, 1.807) is 12.5 Å². The molecule has 19 heavy (non-hydrogen) atoms. The van der Waals surface area contributed by atoms with Gasteiger partial charge in [-0.3, -0.25) is 4.57 Å². The first kappa shape index (κ1) is 10.6. The lowest BCUT2D eigenvalue weighted by atomic mass is 10.0. The molecule has 0 saturated heterocycles. The molecule has 1 aliphatic carbocycles. The highest BCUT2D eigenvalue weighted by Crippen LogP contribution is 2.31. The maximum atomic E-state index is 4.72. The second-order valence-electron chi connectivity index (χ2n) is 4.86. The van der Waals surface area contributed by atoms with E-state index in [1.807, 2.05) is 10.8 Å². The first-order chi connectivity index (χ1) is 9.42. The molecule has 1 aliphatic rings. The van der Waals surface area contributed by atoms with Crippen LogP contribution in [0.25, 0.3) is 17.2 Å². The number of imidazole rings is 2. The fourth-order valence-electron chi connectivity index (χ4n) is 2.73. The average molecular weight is 250 g/mol. The van der Waals surface area contributed by atoms with E-state index in [1.165, 1.54) is 11.1 Å². The third-order valence-electron chi connectivity index (χ3n) is 3.66. The van der Waals surface area contributed by atoms with Crippen molar-refractivity contribution in [3.63, 3.8) is 0 Å². The Kier molecular flexibility index (Phi) is 2.27. The van der Waals surface area contributed by atoms with Crippen molar-refractivity contribution in [3.8, 4) is 17.2 Å². The molecule has 3 aromatic rings. The molecule has 0 radical (unpaired) electrons. The van der Waals surface area contributed by atoms with Crippen molar-refractivity contribution < 1.29 is 0 Å². The molecule has 0 bridgehead atoms. The Hall–Kier alpha value is -2.36. The number of aromatic nitrogens is 4. The van der Waals surface area contributed by atoms with Gasteiger partial charge < -0.3 is 4.98 Å². The number of H-pyrrole nitrogens is 1. The van der Waals surface area contributed by atoms with Crippen LogP contribution in [-0.4, -0.2) is 19.5 Å². The van der Waals surface area contributed by atoms with E-state index in [0.717, 1.165) is 36.6 Å². The summed E-state index contributed by atoms with van der Waals surface area (Å²) in [4.78, 5) is 12.2. The fraction of sp³-hybridized carbons (Fsp3) is 0.200.